The van der Waals surface area contributed by atoms with Gasteiger partial charge in [-0.1, -0.05) is 19.9 Å². The molecule has 3 rings (SSSR count). The van der Waals surface area contributed by atoms with Gasteiger partial charge in [0.25, 0.3) is 15.9 Å². The minimum Gasteiger partial charge on any atom is -0.493 e. The normalized spacial score (nSPS) is 12.3. The van der Waals surface area contributed by atoms with Crippen LogP contribution in [0, 0.1) is 11.7 Å². The first kappa shape index (κ1) is 27.8. The highest BCUT2D eigenvalue weighted by molar-refractivity contribution is 7.90. The highest BCUT2D eigenvalue weighted by Crippen LogP contribution is 2.28. The van der Waals surface area contributed by atoms with Gasteiger partial charge >= 0.3 is 0 Å². The Kier molecular flexibility index (Phi) is 9.00. The number of carbonyl (C=O) groups is 1. The quantitative estimate of drug-likeness (QED) is 0.380. The summed E-state index contributed by atoms with van der Waals surface area (Å²) in [6, 6.07) is 11.0. The summed E-state index contributed by atoms with van der Waals surface area (Å²) in [6.07, 6.45) is -0.355. The van der Waals surface area contributed by atoms with Crippen molar-refractivity contribution >= 4 is 21.7 Å². The number of rotatable bonds is 11. The van der Waals surface area contributed by atoms with Gasteiger partial charge < -0.3 is 19.9 Å². The van der Waals surface area contributed by atoms with E-state index >= 15 is 0 Å². The Morgan fingerprint density at radius 1 is 1.05 bits per heavy atom. The molecule has 0 saturated heterocycles. The maximum atomic E-state index is 14.3. The fourth-order valence-electron chi connectivity index (χ4n) is 3.01. The summed E-state index contributed by atoms with van der Waals surface area (Å²) < 4.78 is 58.1. The molecular weight excluding hydrogens is 503 g/mol. The molecule has 0 aliphatic heterocycles. The van der Waals surface area contributed by atoms with E-state index in [1.54, 1.807) is 13.0 Å². The lowest BCUT2D eigenvalue weighted by Crippen LogP contribution is -2.32. The van der Waals surface area contributed by atoms with Crippen LogP contribution in [0.4, 0.5) is 10.2 Å². The fraction of sp³-hybridized carbons (Fsp3) is 0.320. The van der Waals surface area contributed by atoms with Crippen LogP contribution in [0.15, 0.2) is 53.6 Å². The Balaban J connectivity index is 1.96. The lowest BCUT2D eigenvalue weighted by Gasteiger charge is -2.15. The molecular formula is C25H29FN4O6S. The summed E-state index contributed by atoms with van der Waals surface area (Å²) in [6.45, 7) is 6.10. The molecule has 3 N–H and O–H groups in total. The minimum atomic E-state index is -4.33. The average molecular weight is 533 g/mol. The van der Waals surface area contributed by atoms with Crippen LogP contribution in [0.25, 0.3) is 11.3 Å². The molecule has 0 aliphatic carbocycles. The first-order valence-corrected chi connectivity index (χ1v) is 12.9. The second-order valence-corrected chi connectivity index (χ2v) is 10.3. The number of ether oxygens (including phenoxy) is 3. The molecule has 37 heavy (non-hydrogen) atoms. The molecule has 3 aromatic rings. The van der Waals surface area contributed by atoms with Crippen molar-refractivity contribution in [2.45, 2.75) is 31.9 Å². The monoisotopic (exact) mass is 532 g/mol. The van der Waals surface area contributed by atoms with Gasteiger partial charge in [-0.25, -0.2) is 19.1 Å². The van der Waals surface area contributed by atoms with E-state index in [1.807, 2.05) is 18.6 Å². The van der Waals surface area contributed by atoms with Gasteiger partial charge in [0.1, 0.15) is 29.6 Å². The number of nitrogen functional groups attached to an aromatic ring is 1. The van der Waals surface area contributed by atoms with Crippen molar-refractivity contribution in [1.82, 2.24) is 14.7 Å². The van der Waals surface area contributed by atoms with Gasteiger partial charge in [-0.15, -0.1) is 0 Å². The summed E-state index contributed by atoms with van der Waals surface area (Å²) in [5.41, 5.74) is 6.07. The standard InChI is InChI=1S/C25H29FN4O6S/c1-15(2)13-35-19-11-17(10-18(26)12-19)21-9-8-20(25(28-21)36-14-16(3)34-4)24(31)30-37(32,33)23-7-5-6-22(27)29-23/h5-12,15-16H,13-14H2,1-4H3,(H2,27,29)(H,30,31)/t16-/m0/s1. The van der Waals surface area contributed by atoms with Gasteiger partial charge in [0, 0.05) is 18.7 Å². The predicted octanol–water partition coefficient (Wildman–Crippen LogP) is 3.43. The van der Waals surface area contributed by atoms with Gasteiger partial charge in [-0.05, 0) is 49.2 Å². The second kappa shape index (κ2) is 12.0. The van der Waals surface area contributed by atoms with E-state index in [0.717, 1.165) is 0 Å². The molecule has 0 spiro atoms. The zero-order chi connectivity index (χ0) is 27.2. The van der Waals surface area contributed by atoms with Crippen molar-refractivity contribution < 1.29 is 31.8 Å². The predicted molar refractivity (Wildman–Crippen MR) is 135 cm³/mol. The third-order valence-corrected chi connectivity index (χ3v) is 6.19. The number of nitrogens with zero attached hydrogens (tertiary/aromatic N) is 2. The number of amides is 1. The number of methoxy groups -OCH3 is 1. The van der Waals surface area contributed by atoms with Crippen molar-refractivity contribution in [2.75, 3.05) is 26.1 Å². The molecule has 0 bridgehead atoms. The van der Waals surface area contributed by atoms with Crippen LogP contribution in [0.3, 0.4) is 0 Å². The zero-order valence-electron chi connectivity index (χ0n) is 20.9. The maximum Gasteiger partial charge on any atom is 0.281 e. The molecule has 0 aliphatic rings. The van der Waals surface area contributed by atoms with E-state index in [9.17, 15) is 17.6 Å². The summed E-state index contributed by atoms with van der Waals surface area (Å²) in [5, 5.41) is -0.422. The molecule has 12 heteroatoms. The number of hydrogen-bond acceptors (Lipinski definition) is 9. The second-order valence-electron chi connectivity index (χ2n) is 8.62. The van der Waals surface area contributed by atoms with Crippen molar-refractivity contribution in [1.29, 1.82) is 0 Å². The van der Waals surface area contributed by atoms with Gasteiger partial charge in [0.2, 0.25) is 5.88 Å². The fourth-order valence-corrected chi connectivity index (χ4v) is 3.96. The zero-order valence-corrected chi connectivity index (χ0v) is 21.7. The van der Waals surface area contributed by atoms with Crippen molar-refractivity contribution in [3.63, 3.8) is 0 Å². The van der Waals surface area contributed by atoms with Crippen molar-refractivity contribution in [2.24, 2.45) is 5.92 Å². The van der Waals surface area contributed by atoms with Crippen molar-refractivity contribution in [3.05, 3.63) is 59.9 Å². The number of hydrogen-bond donors (Lipinski definition) is 2. The van der Waals surface area contributed by atoms with E-state index in [1.165, 1.54) is 49.6 Å². The third-order valence-electron chi connectivity index (χ3n) is 4.96. The van der Waals surface area contributed by atoms with Crippen LogP contribution in [0.5, 0.6) is 11.6 Å². The van der Waals surface area contributed by atoms with E-state index in [2.05, 4.69) is 9.97 Å². The molecule has 0 radical (unpaired) electrons. The highest BCUT2D eigenvalue weighted by Gasteiger charge is 2.24. The van der Waals surface area contributed by atoms with Gasteiger partial charge in [-0.3, -0.25) is 4.79 Å². The molecule has 1 aromatic carbocycles. The molecule has 0 fully saturated rings. The van der Waals surface area contributed by atoms with E-state index in [-0.39, 0.29) is 41.6 Å². The Hall–Kier alpha value is -3.77. The number of nitrogens with one attached hydrogen (secondary N) is 1. The van der Waals surface area contributed by atoms with Gasteiger partial charge in [-0.2, -0.15) is 8.42 Å². The van der Waals surface area contributed by atoms with E-state index in [0.29, 0.717) is 17.9 Å². The van der Waals surface area contributed by atoms with Crippen LogP contribution in [0.2, 0.25) is 0 Å². The molecule has 1 atom stereocenters. The Labute approximate surface area is 215 Å². The topological polar surface area (TPSA) is 143 Å². The highest BCUT2D eigenvalue weighted by atomic mass is 32.2. The number of nitrogens with two attached hydrogens (primary N) is 1. The first-order valence-electron chi connectivity index (χ1n) is 11.4. The van der Waals surface area contributed by atoms with Crippen LogP contribution >= 0.6 is 0 Å². The number of anilines is 1. The largest absolute Gasteiger partial charge is 0.493 e. The number of carbonyl (C=O) groups excluding carboxylic acids is 1. The smallest absolute Gasteiger partial charge is 0.281 e. The van der Waals surface area contributed by atoms with Crippen molar-refractivity contribution in [3.8, 4) is 22.9 Å². The lowest BCUT2D eigenvalue weighted by molar-refractivity contribution is 0.0690. The Bertz CT molecular complexity index is 1370. The minimum absolute atomic E-state index is 0.0165. The summed E-state index contributed by atoms with van der Waals surface area (Å²) >= 11 is 0. The van der Waals surface area contributed by atoms with Gasteiger partial charge in [0.05, 0.1) is 18.4 Å². The number of sulfonamides is 1. The lowest BCUT2D eigenvalue weighted by atomic mass is 10.1. The summed E-state index contributed by atoms with van der Waals surface area (Å²) in [4.78, 5) is 21.1. The van der Waals surface area contributed by atoms with Crippen LogP contribution in [0.1, 0.15) is 31.1 Å². The maximum absolute atomic E-state index is 14.3. The number of benzene rings is 1. The number of aromatic nitrogens is 2. The molecule has 2 aromatic heterocycles. The Morgan fingerprint density at radius 2 is 1.81 bits per heavy atom. The third kappa shape index (κ3) is 7.61. The van der Waals surface area contributed by atoms with Crippen LogP contribution < -0.4 is 19.9 Å². The SMILES string of the molecule is CO[C@@H](C)COc1nc(-c2cc(F)cc(OCC(C)C)c2)ccc1C(=O)NS(=O)(=O)c1cccc(N)n1. The average Bonchev–Trinajstić information content (AvgIpc) is 2.85. The summed E-state index contributed by atoms with van der Waals surface area (Å²) in [7, 11) is -2.85. The Morgan fingerprint density at radius 3 is 2.49 bits per heavy atom. The van der Waals surface area contributed by atoms with E-state index < -0.39 is 26.8 Å². The van der Waals surface area contributed by atoms with Gasteiger partial charge in [0.15, 0.2) is 5.03 Å². The molecule has 1 amide bonds. The molecule has 10 nitrogen and oxygen atoms in total. The molecule has 2 heterocycles. The molecule has 0 unspecified atom stereocenters. The number of halogens is 1. The van der Waals surface area contributed by atoms with Crippen LogP contribution in [-0.2, 0) is 14.8 Å². The number of pyridine rings is 2. The molecule has 198 valence electrons. The molecule has 0 saturated carbocycles. The van der Waals surface area contributed by atoms with E-state index in [4.69, 9.17) is 19.9 Å². The van der Waals surface area contributed by atoms with Crippen LogP contribution in [-0.4, -0.2) is 50.7 Å². The summed E-state index contributed by atoms with van der Waals surface area (Å²) in [5.74, 6) is -1.15. The first-order chi connectivity index (χ1) is 17.5.